The molecule has 2 saturated heterocycles. The molecule has 2 heterocycles. The zero-order valence-corrected chi connectivity index (χ0v) is 14.2. The maximum absolute atomic E-state index is 12.5. The van der Waals surface area contributed by atoms with Gasteiger partial charge in [-0.3, -0.25) is 19.5 Å². The number of carbonyl (C=O) groups excluding carboxylic acids is 2. The first kappa shape index (κ1) is 16.7. The summed E-state index contributed by atoms with van der Waals surface area (Å²) in [6.45, 7) is 4.43. The smallest absolute Gasteiger partial charge is 0.353 e. The van der Waals surface area contributed by atoms with Crippen LogP contribution in [0.25, 0.3) is 0 Å². The number of benzene rings is 1. The lowest BCUT2D eigenvalue weighted by atomic mass is 10.1. The topological polar surface area (TPSA) is 82.5 Å². The summed E-state index contributed by atoms with van der Waals surface area (Å²) in [5.74, 6) is 0.115. The van der Waals surface area contributed by atoms with E-state index in [9.17, 15) is 9.59 Å². The Morgan fingerprint density at radius 2 is 2.12 bits per heavy atom. The van der Waals surface area contributed by atoms with E-state index in [4.69, 9.17) is 16.3 Å². The highest BCUT2D eigenvalue weighted by atomic mass is 35.5. The Kier molecular flexibility index (Phi) is 5.01. The van der Waals surface area contributed by atoms with Crippen molar-refractivity contribution in [1.29, 1.82) is 0 Å². The number of morpholine rings is 1. The fourth-order valence-corrected chi connectivity index (χ4v) is 2.82. The first-order chi connectivity index (χ1) is 11.5. The quantitative estimate of drug-likeness (QED) is 0.676. The van der Waals surface area contributed by atoms with E-state index in [2.05, 4.69) is 16.0 Å². The lowest BCUT2D eigenvalue weighted by Gasteiger charge is -2.24. The molecule has 1 atom stereocenters. The molecule has 8 heteroatoms. The van der Waals surface area contributed by atoms with E-state index in [0.29, 0.717) is 43.0 Å². The molecule has 3 rings (SSSR count). The molecule has 0 aromatic heterocycles. The molecule has 24 heavy (non-hydrogen) atoms. The largest absolute Gasteiger partial charge is 0.375 e. The van der Waals surface area contributed by atoms with Gasteiger partial charge in [-0.2, -0.15) is 0 Å². The van der Waals surface area contributed by atoms with Gasteiger partial charge in [-0.05, 0) is 24.6 Å². The molecule has 0 radical (unpaired) electrons. The highest BCUT2D eigenvalue weighted by Gasteiger charge is 2.35. The zero-order valence-electron chi connectivity index (χ0n) is 13.4. The molecule has 2 amide bonds. The van der Waals surface area contributed by atoms with Crippen LogP contribution in [0.3, 0.4) is 0 Å². The molecule has 2 aliphatic rings. The molecule has 3 N–H and O–H groups in total. The van der Waals surface area contributed by atoms with E-state index in [1.807, 2.05) is 17.6 Å². The first-order valence-electron chi connectivity index (χ1n) is 7.86. The summed E-state index contributed by atoms with van der Waals surface area (Å²) in [4.78, 5) is 24.4. The van der Waals surface area contributed by atoms with Crippen molar-refractivity contribution in [3.05, 3.63) is 28.8 Å². The number of nitrogens with zero attached hydrogens (tertiary/aromatic N) is 1. The summed E-state index contributed by atoms with van der Waals surface area (Å²) in [6, 6.07) is 4.69. The number of anilines is 1. The van der Waals surface area contributed by atoms with Gasteiger partial charge in [0.2, 0.25) is 0 Å². The van der Waals surface area contributed by atoms with E-state index in [0.717, 1.165) is 5.56 Å². The van der Waals surface area contributed by atoms with Crippen molar-refractivity contribution < 1.29 is 18.9 Å². The van der Waals surface area contributed by atoms with Gasteiger partial charge < -0.3 is 10.1 Å². The fourth-order valence-electron chi connectivity index (χ4n) is 2.64. The van der Waals surface area contributed by atoms with Gasteiger partial charge in [-0.25, -0.2) is 5.32 Å². The number of carbonyl (C=O) groups is 2. The monoisotopic (exact) mass is 351 g/mol. The maximum atomic E-state index is 12.5. The van der Waals surface area contributed by atoms with Gasteiger partial charge >= 0.3 is 5.96 Å². The van der Waals surface area contributed by atoms with Crippen molar-refractivity contribution >= 4 is 35.1 Å². The molecule has 2 fully saturated rings. The predicted molar refractivity (Wildman–Crippen MR) is 90.3 cm³/mol. The molecule has 1 aromatic carbocycles. The highest BCUT2D eigenvalue weighted by molar-refractivity contribution is 6.31. The van der Waals surface area contributed by atoms with Crippen LogP contribution in [0, 0.1) is 6.92 Å². The van der Waals surface area contributed by atoms with E-state index >= 15 is 0 Å². The third-order valence-corrected chi connectivity index (χ3v) is 4.45. The summed E-state index contributed by atoms with van der Waals surface area (Å²) in [6.07, 6.45) is 0.0826. The van der Waals surface area contributed by atoms with Crippen LogP contribution in [-0.2, 0) is 14.3 Å². The first-order valence-corrected chi connectivity index (χ1v) is 8.24. The van der Waals surface area contributed by atoms with Gasteiger partial charge in [0, 0.05) is 10.7 Å². The third kappa shape index (κ3) is 3.85. The number of guanidine groups is 1. The Labute approximate surface area is 145 Å². The Hall–Kier alpha value is -2.12. The van der Waals surface area contributed by atoms with Crippen LogP contribution in [0.5, 0.6) is 0 Å². The van der Waals surface area contributed by atoms with Crippen molar-refractivity contribution in [1.82, 2.24) is 10.6 Å². The van der Waals surface area contributed by atoms with Crippen LogP contribution >= 0.6 is 11.6 Å². The van der Waals surface area contributed by atoms with Crippen LogP contribution in [0.15, 0.2) is 18.2 Å². The zero-order chi connectivity index (χ0) is 17.1. The fraction of sp³-hybridized carbons (Fsp3) is 0.438. The molecule has 7 nitrogen and oxygen atoms in total. The van der Waals surface area contributed by atoms with Crippen LogP contribution in [0.4, 0.5) is 5.69 Å². The highest BCUT2D eigenvalue weighted by Crippen LogP contribution is 2.20. The van der Waals surface area contributed by atoms with Crippen LogP contribution in [-0.4, -0.2) is 54.7 Å². The third-order valence-electron chi connectivity index (χ3n) is 4.04. The maximum Gasteiger partial charge on any atom is 0.353 e. The lowest BCUT2D eigenvalue weighted by Crippen LogP contribution is -2.61. The van der Waals surface area contributed by atoms with Crippen LogP contribution < -0.4 is 16.0 Å². The SMILES string of the molecule is Cc1ccc(NC(=O)[C@@H]2CC(=O)NC(=[N+]3CCOCC3)N2)cc1Cl. The van der Waals surface area contributed by atoms with E-state index in [1.165, 1.54) is 0 Å². The molecule has 0 saturated carbocycles. The predicted octanol–water partition coefficient (Wildman–Crippen LogP) is 0.464. The molecular formula is C16H20ClN4O3+. The second-order valence-electron chi connectivity index (χ2n) is 5.85. The molecule has 0 spiro atoms. The minimum absolute atomic E-state index is 0.0826. The molecule has 128 valence electrons. The lowest BCUT2D eigenvalue weighted by molar-refractivity contribution is -0.552. The van der Waals surface area contributed by atoms with Gasteiger partial charge in [0.15, 0.2) is 6.04 Å². The molecule has 2 aliphatic heterocycles. The normalized spacial score (nSPS) is 21.1. The summed E-state index contributed by atoms with van der Waals surface area (Å²) >= 11 is 6.08. The van der Waals surface area contributed by atoms with Gasteiger partial charge in [0.1, 0.15) is 0 Å². The molecule has 1 aromatic rings. The van der Waals surface area contributed by atoms with Gasteiger partial charge in [-0.15, -0.1) is 0 Å². The molecular weight excluding hydrogens is 332 g/mol. The number of nitrogens with one attached hydrogen (secondary N) is 3. The van der Waals surface area contributed by atoms with E-state index < -0.39 is 6.04 Å². The van der Waals surface area contributed by atoms with Crippen molar-refractivity contribution in [3.63, 3.8) is 0 Å². The van der Waals surface area contributed by atoms with E-state index in [1.54, 1.807) is 12.1 Å². The minimum atomic E-state index is -0.628. The summed E-state index contributed by atoms with van der Waals surface area (Å²) < 4.78 is 7.28. The number of hydrogen-bond acceptors (Lipinski definition) is 3. The minimum Gasteiger partial charge on any atom is -0.375 e. The summed E-state index contributed by atoms with van der Waals surface area (Å²) in [5.41, 5.74) is 1.55. The summed E-state index contributed by atoms with van der Waals surface area (Å²) in [7, 11) is 0. The van der Waals surface area contributed by atoms with Gasteiger partial charge in [0.05, 0.1) is 32.7 Å². The average molecular weight is 352 g/mol. The van der Waals surface area contributed by atoms with Gasteiger partial charge in [0.25, 0.3) is 11.8 Å². The number of amides is 2. The number of rotatable bonds is 2. The second kappa shape index (κ2) is 7.19. The van der Waals surface area contributed by atoms with E-state index in [-0.39, 0.29) is 18.2 Å². The molecule has 0 aliphatic carbocycles. The number of ether oxygens (including phenoxy) is 1. The number of aryl methyl sites for hydroxylation is 1. The Morgan fingerprint density at radius 1 is 1.38 bits per heavy atom. The van der Waals surface area contributed by atoms with Crippen LogP contribution in [0.1, 0.15) is 12.0 Å². The molecule has 0 unspecified atom stereocenters. The van der Waals surface area contributed by atoms with Crippen molar-refractivity contribution in [2.24, 2.45) is 0 Å². The van der Waals surface area contributed by atoms with Crippen molar-refractivity contribution in [3.8, 4) is 0 Å². The Morgan fingerprint density at radius 3 is 2.83 bits per heavy atom. The Bertz CT molecular complexity index is 697. The average Bonchev–Trinajstić information content (AvgIpc) is 2.58. The molecule has 0 bridgehead atoms. The van der Waals surface area contributed by atoms with Gasteiger partial charge in [-0.1, -0.05) is 17.7 Å². The standard InChI is InChI=1S/C16H19ClN4O3/c1-10-2-3-11(8-12(10)17)18-15(23)13-9-14(22)20-16(19-13)21-4-6-24-7-5-21/h2-3,8,13H,4-7,9H2,1H3,(H2,18,19,20,22,23)/p+1/t13-/m0/s1. The van der Waals surface area contributed by atoms with Crippen molar-refractivity contribution in [2.75, 3.05) is 31.6 Å². The number of hydrogen-bond donors (Lipinski definition) is 3. The number of halogens is 1. The Balaban J connectivity index is 1.71. The van der Waals surface area contributed by atoms with Crippen LogP contribution in [0.2, 0.25) is 5.02 Å². The summed E-state index contributed by atoms with van der Waals surface area (Å²) in [5, 5.41) is 9.28. The van der Waals surface area contributed by atoms with Crippen molar-refractivity contribution in [2.45, 2.75) is 19.4 Å². The second-order valence-corrected chi connectivity index (χ2v) is 6.26.